The summed E-state index contributed by atoms with van der Waals surface area (Å²) in [4.78, 5) is 16.9. The number of hydrogen-bond acceptors (Lipinski definition) is 4. The molecule has 5 heteroatoms. The summed E-state index contributed by atoms with van der Waals surface area (Å²) in [7, 11) is 0. The number of aryl methyl sites for hydroxylation is 1. The standard InChI is InChI=1S/C19H18N2O2S/c1-13-20-18(12-24-13)15-3-2-4-16(11-15)19(23)21-17-7-5-14(6-8-17)9-10-22/h2-8,11-12,22H,9-10H2,1H3,(H,21,23). The zero-order valence-corrected chi connectivity index (χ0v) is 14.1. The average molecular weight is 338 g/mol. The fraction of sp³-hybridized carbons (Fsp3) is 0.158. The number of rotatable bonds is 5. The van der Waals surface area contributed by atoms with E-state index in [4.69, 9.17) is 5.11 Å². The molecule has 2 N–H and O–H groups in total. The SMILES string of the molecule is Cc1nc(-c2cccc(C(=O)Nc3ccc(CCO)cc3)c2)cs1. The van der Waals surface area contributed by atoms with E-state index >= 15 is 0 Å². The zero-order chi connectivity index (χ0) is 16.9. The van der Waals surface area contributed by atoms with E-state index in [-0.39, 0.29) is 12.5 Å². The van der Waals surface area contributed by atoms with Gasteiger partial charge in [0, 0.05) is 28.8 Å². The highest BCUT2D eigenvalue weighted by atomic mass is 32.1. The Labute approximate surface area is 144 Å². The van der Waals surface area contributed by atoms with Gasteiger partial charge in [-0.1, -0.05) is 24.3 Å². The van der Waals surface area contributed by atoms with Crippen LogP contribution in [0.25, 0.3) is 11.3 Å². The highest BCUT2D eigenvalue weighted by Gasteiger charge is 2.09. The maximum atomic E-state index is 12.4. The third-order valence-electron chi connectivity index (χ3n) is 3.65. The van der Waals surface area contributed by atoms with Gasteiger partial charge in [0.15, 0.2) is 0 Å². The van der Waals surface area contributed by atoms with E-state index in [1.165, 1.54) is 0 Å². The molecule has 0 atom stereocenters. The predicted octanol–water partition coefficient (Wildman–Crippen LogP) is 3.91. The molecule has 122 valence electrons. The smallest absolute Gasteiger partial charge is 0.255 e. The summed E-state index contributed by atoms with van der Waals surface area (Å²) in [6.45, 7) is 2.08. The highest BCUT2D eigenvalue weighted by Crippen LogP contribution is 2.23. The lowest BCUT2D eigenvalue weighted by molar-refractivity contribution is 0.102. The Balaban J connectivity index is 1.75. The van der Waals surface area contributed by atoms with Crippen LogP contribution in [0.3, 0.4) is 0 Å². The normalized spacial score (nSPS) is 10.6. The number of nitrogens with one attached hydrogen (secondary N) is 1. The van der Waals surface area contributed by atoms with Crippen LogP contribution in [0, 0.1) is 6.92 Å². The number of aliphatic hydroxyl groups excluding tert-OH is 1. The van der Waals surface area contributed by atoms with Crippen molar-refractivity contribution in [1.29, 1.82) is 0 Å². The van der Waals surface area contributed by atoms with Crippen molar-refractivity contribution in [3.05, 3.63) is 70.0 Å². The summed E-state index contributed by atoms with van der Waals surface area (Å²) in [6.07, 6.45) is 0.614. The summed E-state index contributed by atoms with van der Waals surface area (Å²) in [5, 5.41) is 14.8. The molecule has 0 aliphatic carbocycles. The Hall–Kier alpha value is -2.50. The summed E-state index contributed by atoms with van der Waals surface area (Å²) >= 11 is 1.59. The topological polar surface area (TPSA) is 62.2 Å². The molecule has 0 fully saturated rings. The van der Waals surface area contributed by atoms with Crippen LogP contribution >= 0.6 is 11.3 Å². The van der Waals surface area contributed by atoms with Crippen LogP contribution in [0.15, 0.2) is 53.9 Å². The third kappa shape index (κ3) is 3.88. The maximum Gasteiger partial charge on any atom is 0.255 e. The van der Waals surface area contributed by atoms with E-state index in [1.807, 2.05) is 54.8 Å². The van der Waals surface area contributed by atoms with Crippen LogP contribution in [0.2, 0.25) is 0 Å². The van der Waals surface area contributed by atoms with Crippen LogP contribution in [-0.4, -0.2) is 22.6 Å². The lowest BCUT2D eigenvalue weighted by Crippen LogP contribution is -2.11. The van der Waals surface area contributed by atoms with Crippen molar-refractivity contribution in [1.82, 2.24) is 4.98 Å². The number of nitrogens with zero attached hydrogens (tertiary/aromatic N) is 1. The molecule has 0 aliphatic heterocycles. The molecular weight excluding hydrogens is 320 g/mol. The van der Waals surface area contributed by atoms with Gasteiger partial charge in [0.25, 0.3) is 5.91 Å². The van der Waals surface area contributed by atoms with E-state index in [0.29, 0.717) is 12.0 Å². The van der Waals surface area contributed by atoms with Gasteiger partial charge < -0.3 is 10.4 Å². The lowest BCUT2D eigenvalue weighted by Gasteiger charge is -2.07. The van der Waals surface area contributed by atoms with Crippen molar-refractivity contribution in [2.75, 3.05) is 11.9 Å². The van der Waals surface area contributed by atoms with E-state index < -0.39 is 0 Å². The lowest BCUT2D eigenvalue weighted by atomic mass is 10.1. The van der Waals surface area contributed by atoms with Gasteiger partial charge in [-0.25, -0.2) is 4.98 Å². The molecule has 3 rings (SSSR count). The quantitative estimate of drug-likeness (QED) is 0.741. The van der Waals surface area contributed by atoms with Gasteiger partial charge in [-0.15, -0.1) is 11.3 Å². The Morgan fingerprint density at radius 3 is 2.67 bits per heavy atom. The van der Waals surface area contributed by atoms with Crippen LogP contribution in [0.1, 0.15) is 20.9 Å². The van der Waals surface area contributed by atoms with Crippen molar-refractivity contribution in [3.8, 4) is 11.3 Å². The van der Waals surface area contributed by atoms with Crippen molar-refractivity contribution in [2.45, 2.75) is 13.3 Å². The second-order valence-electron chi connectivity index (χ2n) is 5.46. The summed E-state index contributed by atoms with van der Waals surface area (Å²) in [5.74, 6) is -0.154. The first kappa shape index (κ1) is 16.4. The molecule has 1 heterocycles. The fourth-order valence-corrected chi connectivity index (χ4v) is 3.02. The molecule has 2 aromatic carbocycles. The highest BCUT2D eigenvalue weighted by molar-refractivity contribution is 7.09. The van der Waals surface area contributed by atoms with Gasteiger partial charge >= 0.3 is 0 Å². The van der Waals surface area contributed by atoms with E-state index in [9.17, 15) is 4.79 Å². The summed E-state index contributed by atoms with van der Waals surface area (Å²) in [5.41, 5.74) is 4.19. The number of carbonyl (C=O) groups is 1. The largest absolute Gasteiger partial charge is 0.396 e. The monoisotopic (exact) mass is 338 g/mol. The molecule has 0 spiro atoms. The Kier molecular flexibility index (Phi) is 5.03. The number of hydrogen-bond donors (Lipinski definition) is 2. The fourth-order valence-electron chi connectivity index (χ4n) is 2.40. The molecule has 1 amide bonds. The molecule has 3 aromatic rings. The molecule has 0 saturated carbocycles. The first-order valence-corrected chi connectivity index (χ1v) is 8.57. The van der Waals surface area contributed by atoms with Gasteiger partial charge in [0.05, 0.1) is 10.7 Å². The molecule has 0 bridgehead atoms. The van der Waals surface area contributed by atoms with Crippen LogP contribution in [0.5, 0.6) is 0 Å². The second-order valence-corrected chi connectivity index (χ2v) is 6.52. The van der Waals surface area contributed by atoms with Gasteiger partial charge in [-0.05, 0) is 43.2 Å². The number of aliphatic hydroxyl groups is 1. The summed E-state index contributed by atoms with van der Waals surface area (Å²) < 4.78 is 0. The average Bonchev–Trinajstić information content (AvgIpc) is 3.03. The number of benzene rings is 2. The third-order valence-corrected chi connectivity index (χ3v) is 4.43. The van der Waals surface area contributed by atoms with Crippen LogP contribution < -0.4 is 5.32 Å². The van der Waals surface area contributed by atoms with Crippen molar-refractivity contribution in [2.24, 2.45) is 0 Å². The van der Waals surface area contributed by atoms with E-state index in [2.05, 4.69) is 10.3 Å². The van der Waals surface area contributed by atoms with E-state index in [1.54, 1.807) is 17.4 Å². The first-order valence-electron chi connectivity index (χ1n) is 7.69. The Morgan fingerprint density at radius 2 is 2.00 bits per heavy atom. The molecule has 24 heavy (non-hydrogen) atoms. The molecular formula is C19H18N2O2S. The molecule has 0 aliphatic rings. The zero-order valence-electron chi connectivity index (χ0n) is 13.3. The van der Waals surface area contributed by atoms with Gasteiger partial charge in [-0.2, -0.15) is 0 Å². The maximum absolute atomic E-state index is 12.4. The van der Waals surface area contributed by atoms with E-state index in [0.717, 1.165) is 27.5 Å². The number of anilines is 1. The number of amides is 1. The minimum atomic E-state index is -0.154. The minimum Gasteiger partial charge on any atom is -0.396 e. The van der Waals surface area contributed by atoms with Crippen molar-refractivity contribution in [3.63, 3.8) is 0 Å². The van der Waals surface area contributed by atoms with Gasteiger partial charge in [0.2, 0.25) is 0 Å². The predicted molar refractivity (Wildman–Crippen MR) is 97.5 cm³/mol. The molecule has 4 nitrogen and oxygen atoms in total. The molecule has 0 radical (unpaired) electrons. The van der Waals surface area contributed by atoms with Crippen LogP contribution in [-0.2, 0) is 6.42 Å². The number of thiazole rings is 1. The number of aromatic nitrogens is 1. The van der Waals surface area contributed by atoms with Crippen molar-refractivity contribution >= 4 is 22.9 Å². The summed E-state index contributed by atoms with van der Waals surface area (Å²) in [6, 6.07) is 15.0. The molecule has 1 aromatic heterocycles. The van der Waals surface area contributed by atoms with Gasteiger partial charge in [-0.3, -0.25) is 4.79 Å². The molecule has 0 saturated heterocycles. The minimum absolute atomic E-state index is 0.120. The second kappa shape index (κ2) is 7.38. The van der Waals surface area contributed by atoms with Crippen molar-refractivity contribution < 1.29 is 9.90 Å². The molecule has 0 unspecified atom stereocenters. The van der Waals surface area contributed by atoms with Crippen LogP contribution in [0.4, 0.5) is 5.69 Å². The number of carbonyl (C=O) groups excluding carboxylic acids is 1. The Morgan fingerprint density at radius 1 is 1.21 bits per heavy atom. The van der Waals surface area contributed by atoms with Gasteiger partial charge in [0.1, 0.15) is 0 Å². The first-order chi connectivity index (χ1) is 11.7. The Bertz CT molecular complexity index is 841.